The quantitative estimate of drug-likeness (QED) is 0.828. The van der Waals surface area contributed by atoms with Gasteiger partial charge in [-0.2, -0.15) is 0 Å². The highest BCUT2D eigenvalue weighted by molar-refractivity contribution is 9.10. The van der Waals surface area contributed by atoms with Crippen molar-refractivity contribution >= 4 is 33.2 Å². The largest absolute Gasteiger partial charge is 0.399 e. The van der Waals surface area contributed by atoms with E-state index in [1.807, 2.05) is 13.1 Å². The Morgan fingerprint density at radius 1 is 1.40 bits per heavy atom. The van der Waals surface area contributed by atoms with E-state index in [9.17, 15) is 4.79 Å². The maximum atomic E-state index is 12.1. The topological polar surface area (TPSA) is 58.4 Å². The molecule has 3 N–H and O–H groups in total. The Bertz CT molecular complexity index is 472. The van der Waals surface area contributed by atoms with Gasteiger partial charge in [-0.15, -0.1) is 0 Å². The molecule has 1 saturated carbocycles. The second-order valence-corrected chi connectivity index (χ2v) is 6.35. The maximum Gasteiger partial charge on any atom is 0.238 e. The third-order valence-electron chi connectivity index (χ3n) is 3.86. The molecule has 1 aliphatic rings. The summed E-state index contributed by atoms with van der Waals surface area (Å²) in [4.78, 5) is 14.3. The molecule has 2 rings (SSSR count). The number of nitrogens with two attached hydrogens (primary N) is 1. The van der Waals surface area contributed by atoms with Gasteiger partial charge in [-0.3, -0.25) is 9.69 Å². The minimum Gasteiger partial charge on any atom is -0.399 e. The average molecular weight is 340 g/mol. The number of likely N-dealkylation sites (N-methyl/N-ethyl adjacent to an activating group) is 1. The molecule has 0 heterocycles. The fourth-order valence-corrected chi connectivity index (χ4v) is 3.20. The molecule has 0 spiro atoms. The Morgan fingerprint density at radius 2 is 2.10 bits per heavy atom. The first-order valence-corrected chi connectivity index (χ1v) is 7.90. The zero-order valence-corrected chi connectivity index (χ0v) is 13.4. The minimum atomic E-state index is 0.0172. The zero-order valence-electron chi connectivity index (χ0n) is 11.9. The lowest BCUT2D eigenvalue weighted by atomic mass is 9.94. The van der Waals surface area contributed by atoms with E-state index >= 15 is 0 Å². The third-order valence-corrected chi connectivity index (χ3v) is 4.51. The number of carbonyl (C=O) groups excluding carboxylic acids is 1. The van der Waals surface area contributed by atoms with Crippen molar-refractivity contribution in [2.75, 3.05) is 24.6 Å². The number of rotatable bonds is 4. The SMILES string of the molecule is CN(CC(=O)Nc1ccc(N)cc1Br)C1CCCCC1. The van der Waals surface area contributed by atoms with Crippen molar-refractivity contribution in [1.29, 1.82) is 0 Å². The lowest BCUT2D eigenvalue weighted by Crippen LogP contribution is -2.39. The highest BCUT2D eigenvalue weighted by Gasteiger charge is 2.20. The number of halogens is 1. The van der Waals surface area contributed by atoms with Crippen molar-refractivity contribution in [3.63, 3.8) is 0 Å². The number of amides is 1. The van der Waals surface area contributed by atoms with Crippen LogP contribution in [-0.4, -0.2) is 30.4 Å². The predicted octanol–water partition coefficient (Wildman–Crippen LogP) is 3.23. The van der Waals surface area contributed by atoms with Crippen LogP contribution in [0, 0.1) is 0 Å². The first kappa shape index (κ1) is 15.3. The Kier molecular flexibility index (Phi) is 5.43. The molecule has 1 aromatic rings. The van der Waals surface area contributed by atoms with Gasteiger partial charge < -0.3 is 11.1 Å². The van der Waals surface area contributed by atoms with Crippen LogP contribution < -0.4 is 11.1 Å². The van der Waals surface area contributed by atoms with E-state index in [-0.39, 0.29) is 5.91 Å². The van der Waals surface area contributed by atoms with Gasteiger partial charge in [-0.1, -0.05) is 19.3 Å². The van der Waals surface area contributed by atoms with E-state index in [1.165, 1.54) is 32.1 Å². The van der Waals surface area contributed by atoms with Crippen LogP contribution in [0.4, 0.5) is 11.4 Å². The number of benzene rings is 1. The summed E-state index contributed by atoms with van der Waals surface area (Å²) >= 11 is 3.41. The monoisotopic (exact) mass is 339 g/mol. The van der Waals surface area contributed by atoms with Crippen LogP contribution in [0.1, 0.15) is 32.1 Å². The van der Waals surface area contributed by atoms with Gasteiger partial charge in [-0.05, 0) is 54.0 Å². The maximum absolute atomic E-state index is 12.1. The molecule has 1 aromatic carbocycles. The first-order valence-electron chi connectivity index (χ1n) is 7.11. The van der Waals surface area contributed by atoms with Gasteiger partial charge in [0.15, 0.2) is 0 Å². The molecule has 0 aromatic heterocycles. The van der Waals surface area contributed by atoms with E-state index in [0.717, 1.165) is 10.2 Å². The Labute approximate surface area is 128 Å². The van der Waals surface area contributed by atoms with E-state index in [4.69, 9.17) is 5.73 Å². The van der Waals surface area contributed by atoms with Gasteiger partial charge in [0.1, 0.15) is 0 Å². The second kappa shape index (κ2) is 7.09. The van der Waals surface area contributed by atoms with Gasteiger partial charge in [0.05, 0.1) is 12.2 Å². The summed E-state index contributed by atoms with van der Waals surface area (Å²) in [6, 6.07) is 5.94. The number of nitrogen functional groups attached to an aromatic ring is 1. The summed E-state index contributed by atoms with van der Waals surface area (Å²) in [5.41, 5.74) is 7.13. The molecule has 4 nitrogen and oxygen atoms in total. The van der Waals surface area contributed by atoms with Gasteiger partial charge in [0.25, 0.3) is 0 Å². The van der Waals surface area contributed by atoms with Gasteiger partial charge in [0, 0.05) is 16.2 Å². The van der Waals surface area contributed by atoms with Crippen molar-refractivity contribution < 1.29 is 4.79 Å². The molecule has 1 fully saturated rings. The molecule has 5 heteroatoms. The van der Waals surface area contributed by atoms with E-state index in [0.29, 0.717) is 18.3 Å². The number of carbonyl (C=O) groups is 1. The average Bonchev–Trinajstić information content (AvgIpc) is 2.43. The van der Waals surface area contributed by atoms with Crippen LogP contribution in [-0.2, 0) is 4.79 Å². The molecule has 0 atom stereocenters. The molecule has 0 radical (unpaired) electrons. The molecular weight excluding hydrogens is 318 g/mol. The molecule has 1 aliphatic carbocycles. The lowest BCUT2D eigenvalue weighted by Gasteiger charge is -2.30. The molecule has 110 valence electrons. The lowest BCUT2D eigenvalue weighted by molar-refractivity contribution is -0.117. The zero-order chi connectivity index (χ0) is 14.5. The summed E-state index contributed by atoms with van der Waals surface area (Å²) < 4.78 is 0.811. The Hall–Kier alpha value is -1.07. The first-order chi connectivity index (χ1) is 9.56. The molecule has 1 amide bonds. The van der Waals surface area contributed by atoms with Crippen LogP contribution in [0.5, 0.6) is 0 Å². The highest BCUT2D eigenvalue weighted by atomic mass is 79.9. The van der Waals surface area contributed by atoms with Gasteiger partial charge >= 0.3 is 0 Å². The van der Waals surface area contributed by atoms with Crippen LogP contribution >= 0.6 is 15.9 Å². The smallest absolute Gasteiger partial charge is 0.238 e. The third kappa shape index (κ3) is 4.21. The number of nitrogens with zero attached hydrogens (tertiary/aromatic N) is 1. The normalized spacial score (nSPS) is 16.4. The highest BCUT2D eigenvalue weighted by Crippen LogP contribution is 2.25. The minimum absolute atomic E-state index is 0.0172. The van der Waals surface area contributed by atoms with Crippen LogP contribution in [0.25, 0.3) is 0 Å². The van der Waals surface area contributed by atoms with Gasteiger partial charge in [-0.25, -0.2) is 0 Å². The predicted molar refractivity (Wildman–Crippen MR) is 86.7 cm³/mol. The fraction of sp³-hybridized carbons (Fsp3) is 0.533. The van der Waals surface area contributed by atoms with Gasteiger partial charge in [0.2, 0.25) is 5.91 Å². The molecular formula is C15H22BrN3O. The van der Waals surface area contributed by atoms with Crippen LogP contribution in [0.2, 0.25) is 0 Å². The standard InChI is InChI=1S/C15H22BrN3O/c1-19(12-5-3-2-4-6-12)10-15(20)18-14-8-7-11(17)9-13(14)16/h7-9,12H,2-6,10,17H2,1H3,(H,18,20). The van der Waals surface area contributed by atoms with Crippen molar-refractivity contribution in [3.05, 3.63) is 22.7 Å². The second-order valence-electron chi connectivity index (χ2n) is 5.49. The van der Waals surface area contributed by atoms with Crippen LogP contribution in [0.15, 0.2) is 22.7 Å². The number of hydrogen-bond acceptors (Lipinski definition) is 3. The molecule has 0 aliphatic heterocycles. The summed E-state index contributed by atoms with van der Waals surface area (Å²) in [6.07, 6.45) is 6.29. The van der Waals surface area contributed by atoms with Crippen molar-refractivity contribution in [2.24, 2.45) is 0 Å². The number of hydrogen-bond donors (Lipinski definition) is 2. The van der Waals surface area contributed by atoms with E-state index in [1.54, 1.807) is 12.1 Å². The van der Waals surface area contributed by atoms with Crippen molar-refractivity contribution in [3.8, 4) is 0 Å². The summed E-state index contributed by atoms with van der Waals surface area (Å²) in [5.74, 6) is 0.0172. The summed E-state index contributed by atoms with van der Waals surface area (Å²) in [6.45, 7) is 0.432. The molecule has 0 unspecified atom stereocenters. The van der Waals surface area contributed by atoms with Crippen molar-refractivity contribution in [2.45, 2.75) is 38.1 Å². The molecule has 0 bridgehead atoms. The van der Waals surface area contributed by atoms with E-state index < -0.39 is 0 Å². The Morgan fingerprint density at radius 3 is 2.75 bits per heavy atom. The van der Waals surface area contributed by atoms with Crippen molar-refractivity contribution in [1.82, 2.24) is 4.90 Å². The molecule has 20 heavy (non-hydrogen) atoms. The number of anilines is 2. The fourth-order valence-electron chi connectivity index (χ4n) is 2.70. The van der Waals surface area contributed by atoms with E-state index in [2.05, 4.69) is 26.1 Å². The summed E-state index contributed by atoms with van der Waals surface area (Å²) in [5, 5.41) is 2.92. The summed E-state index contributed by atoms with van der Waals surface area (Å²) in [7, 11) is 2.04. The van der Waals surface area contributed by atoms with Crippen LogP contribution in [0.3, 0.4) is 0 Å². The number of nitrogens with one attached hydrogen (secondary N) is 1. The Balaban J connectivity index is 1.88. The molecule has 0 saturated heterocycles.